The number of halogens is 1. The highest BCUT2D eigenvalue weighted by Crippen LogP contribution is 2.28. The predicted molar refractivity (Wildman–Crippen MR) is 82.4 cm³/mol. The second-order valence-electron chi connectivity index (χ2n) is 4.74. The number of pyridine rings is 1. The van der Waals surface area contributed by atoms with Crippen molar-refractivity contribution in [1.29, 1.82) is 0 Å². The lowest BCUT2D eigenvalue weighted by Crippen LogP contribution is -2.09. The lowest BCUT2D eigenvalue weighted by Gasteiger charge is -2.13. The van der Waals surface area contributed by atoms with Gasteiger partial charge >= 0.3 is 0 Å². The lowest BCUT2D eigenvalue weighted by atomic mass is 10.1. The van der Waals surface area contributed by atoms with E-state index in [0.29, 0.717) is 4.77 Å². The Morgan fingerprint density at radius 3 is 2.85 bits per heavy atom. The highest BCUT2D eigenvalue weighted by Gasteiger charge is 2.21. The third-order valence-electron chi connectivity index (χ3n) is 3.42. The molecule has 0 saturated carbocycles. The maximum atomic E-state index is 5.43. The lowest BCUT2D eigenvalue weighted by molar-refractivity contribution is 0.391. The van der Waals surface area contributed by atoms with E-state index >= 15 is 0 Å². The van der Waals surface area contributed by atoms with Crippen molar-refractivity contribution in [2.45, 2.75) is 26.8 Å². The van der Waals surface area contributed by atoms with Gasteiger partial charge in [0.25, 0.3) is 0 Å². The van der Waals surface area contributed by atoms with Crippen LogP contribution in [0.5, 0.6) is 0 Å². The number of aromatic nitrogens is 4. The number of fused-ring (bicyclic) bond motifs is 1. The third kappa shape index (κ3) is 2.01. The molecule has 0 aliphatic rings. The fraction of sp³-hybridized carbons (Fsp3) is 0.308. The third-order valence-corrected chi connectivity index (χ3v) is 4.15. The molecule has 3 rings (SSSR count). The van der Waals surface area contributed by atoms with Crippen LogP contribution in [0.15, 0.2) is 21.3 Å². The zero-order valence-corrected chi connectivity index (χ0v) is 13.7. The summed E-state index contributed by atoms with van der Waals surface area (Å²) in [7, 11) is 0. The Morgan fingerprint density at radius 2 is 2.20 bits per heavy atom. The standard InChI is InChI=1S/C13H13BrN4OS/c1-6-11(8(3)19-17-6)7(2)18-12-10(16-13(18)20)4-9(14)5-15-12/h4-5,7H,1-3H3,(H,16,20). The largest absolute Gasteiger partial charge is 0.361 e. The van der Waals surface area contributed by atoms with E-state index in [2.05, 4.69) is 38.0 Å². The molecule has 1 unspecified atom stereocenters. The van der Waals surface area contributed by atoms with Gasteiger partial charge < -0.3 is 9.51 Å². The molecule has 0 aromatic carbocycles. The maximum absolute atomic E-state index is 5.43. The highest BCUT2D eigenvalue weighted by atomic mass is 79.9. The zero-order valence-electron chi connectivity index (χ0n) is 11.3. The average molecular weight is 353 g/mol. The zero-order chi connectivity index (χ0) is 14.4. The van der Waals surface area contributed by atoms with Gasteiger partial charge in [0.05, 0.1) is 17.3 Å². The normalized spacial score (nSPS) is 13.0. The molecule has 1 atom stereocenters. The van der Waals surface area contributed by atoms with Crippen LogP contribution in [0.25, 0.3) is 11.2 Å². The van der Waals surface area contributed by atoms with Gasteiger partial charge in [-0.2, -0.15) is 0 Å². The molecule has 1 N–H and O–H groups in total. The topological polar surface area (TPSA) is 59.6 Å². The van der Waals surface area contributed by atoms with Gasteiger partial charge in [0, 0.05) is 16.2 Å². The number of hydrogen-bond donors (Lipinski definition) is 1. The van der Waals surface area contributed by atoms with E-state index in [-0.39, 0.29) is 6.04 Å². The van der Waals surface area contributed by atoms with Crippen LogP contribution in [-0.2, 0) is 0 Å². The Hall–Kier alpha value is -1.47. The monoisotopic (exact) mass is 352 g/mol. The van der Waals surface area contributed by atoms with Crippen LogP contribution in [-0.4, -0.2) is 19.7 Å². The van der Waals surface area contributed by atoms with Crippen molar-refractivity contribution < 1.29 is 4.52 Å². The second kappa shape index (κ2) is 4.82. The minimum Gasteiger partial charge on any atom is -0.361 e. The van der Waals surface area contributed by atoms with Gasteiger partial charge in [-0.15, -0.1) is 0 Å². The van der Waals surface area contributed by atoms with Gasteiger partial charge in [0.1, 0.15) is 5.76 Å². The first-order chi connectivity index (χ1) is 9.49. The van der Waals surface area contributed by atoms with Crippen molar-refractivity contribution in [3.05, 3.63) is 38.5 Å². The van der Waals surface area contributed by atoms with Crippen LogP contribution in [0.4, 0.5) is 0 Å². The highest BCUT2D eigenvalue weighted by molar-refractivity contribution is 9.10. The molecule has 0 amide bonds. The summed E-state index contributed by atoms with van der Waals surface area (Å²) in [5, 5.41) is 4.01. The van der Waals surface area contributed by atoms with Gasteiger partial charge in [0.2, 0.25) is 0 Å². The molecule has 3 heterocycles. The van der Waals surface area contributed by atoms with Gasteiger partial charge in [-0.1, -0.05) is 5.16 Å². The van der Waals surface area contributed by atoms with Crippen LogP contribution in [0.1, 0.15) is 30.0 Å². The molecule has 3 aromatic rings. The van der Waals surface area contributed by atoms with Crippen molar-refractivity contribution in [3.8, 4) is 0 Å². The number of nitrogens with zero attached hydrogens (tertiary/aromatic N) is 3. The van der Waals surface area contributed by atoms with E-state index in [4.69, 9.17) is 16.7 Å². The molecular formula is C13H13BrN4OS. The van der Waals surface area contributed by atoms with Crippen molar-refractivity contribution in [2.24, 2.45) is 0 Å². The molecule has 0 radical (unpaired) electrons. The number of aryl methyl sites for hydroxylation is 2. The summed E-state index contributed by atoms with van der Waals surface area (Å²) in [5.41, 5.74) is 3.66. The summed E-state index contributed by atoms with van der Waals surface area (Å²) in [6.45, 7) is 5.92. The molecule has 0 bridgehead atoms. The van der Waals surface area contributed by atoms with Crippen molar-refractivity contribution in [3.63, 3.8) is 0 Å². The van der Waals surface area contributed by atoms with Crippen LogP contribution in [0.2, 0.25) is 0 Å². The van der Waals surface area contributed by atoms with Gasteiger partial charge in [0.15, 0.2) is 10.4 Å². The van der Waals surface area contributed by atoms with Crippen molar-refractivity contribution in [2.75, 3.05) is 0 Å². The fourth-order valence-corrected chi connectivity index (χ4v) is 3.25. The molecule has 5 nitrogen and oxygen atoms in total. The molecule has 0 saturated heterocycles. The van der Waals surface area contributed by atoms with E-state index in [0.717, 1.165) is 32.7 Å². The number of imidazole rings is 1. The van der Waals surface area contributed by atoms with E-state index in [1.54, 1.807) is 6.20 Å². The minimum absolute atomic E-state index is 0.0103. The van der Waals surface area contributed by atoms with E-state index in [9.17, 15) is 0 Å². The van der Waals surface area contributed by atoms with E-state index in [1.807, 2.05) is 24.5 Å². The summed E-state index contributed by atoms with van der Waals surface area (Å²) in [4.78, 5) is 7.64. The predicted octanol–water partition coefficient (Wildman–Crippen LogP) is 4.07. The van der Waals surface area contributed by atoms with Gasteiger partial charge in [-0.3, -0.25) is 4.57 Å². The molecule has 20 heavy (non-hydrogen) atoms. The molecule has 104 valence electrons. The van der Waals surface area contributed by atoms with Crippen LogP contribution >= 0.6 is 28.1 Å². The van der Waals surface area contributed by atoms with E-state index < -0.39 is 0 Å². The summed E-state index contributed by atoms with van der Waals surface area (Å²) in [6, 6.07) is 1.98. The quantitative estimate of drug-likeness (QED) is 0.706. The number of hydrogen-bond acceptors (Lipinski definition) is 4. The minimum atomic E-state index is 0.0103. The first-order valence-corrected chi connectivity index (χ1v) is 7.37. The first kappa shape index (κ1) is 13.5. The maximum Gasteiger partial charge on any atom is 0.179 e. The number of aromatic amines is 1. The van der Waals surface area contributed by atoms with Gasteiger partial charge in [-0.25, -0.2) is 4.98 Å². The molecule has 0 aliphatic heterocycles. The molecule has 3 aromatic heterocycles. The Labute approximate surface area is 129 Å². The van der Waals surface area contributed by atoms with Crippen molar-refractivity contribution >= 4 is 39.3 Å². The summed E-state index contributed by atoms with van der Waals surface area (Å²) >= 11 is 8.85. The summed E-state index contributed by atoms with van der Waals surface area (Å²) in [6.07, 6.45) is 1.77. The first-order valence-electron chi connectivity index (χ1n) is 6.17. The Morgan fingerprint density at radius 1 is 1.45 bits per heavy atom. The molecule has 0 fully saturated rings. The molecule has 0 aliphatic carbocycles. The Bertz CT molecular complexity index is 828. The Kier molecular flexibility index (Phi) is 3.25. The Balaban J connectivity index is 2.24. The molecular weight excluding hydrogens is 340 g/mol. The smallest absolute Gasteiger partial charge is 0.179 e. The van der Waals surface area contributed by atoms with Crippen LogP contribution < -0.4 is 0 Å². The van der Waals surface area contributed by atoms with E-state index in [1.165, 1.54) is 0 Å². The van der Waals surface area contributed by atoms with Crippen LogP contribution in [0, 0.1) is 18.6 Å². The second-order valence-corrected chi connectivity index (χ2v) is 6.04. The van der Waals surface area contributed by atoms with Crippen LogP contribution in [0.3, 0.4) is 0 Å². The number of rotatable bonds is 2. The average Bonchev–Trinajstić information content (AvgIpc) is 2.88. The number of H-pyrrole nitrogens is 1. The summed E-state index contributed by atoms with van der Waals surface area (Å²) < 4.78 is 8.79. The van der Waals surface area contributed by atoms with Crippen molar-refractivity contribution in [1.82, 2.24) is 19.7 Å². The summed E-state index contributed by atoms with van der Waals surface area (Å²) in [5.74, 6) is 0.809. The molecule has 0 spiro atoms. The SMILES string of the molecule is Cc1noc(C)c1C(C)n1c(=S)[nH]c2cc(Br)cnc21. The number of nitrogens with one attached hydrogen (secondary N) is 1. The van der Waals surface area contributed by atoms with Gasteiger partial charge in [-0.05, 0) is 55.0 Å². The fourth-order valence-electron chi connectivity index (χ4n) is 2.56. The molecule has 7 heteroatoms.